The highest BCUT2D eigenvalue weighted by Gasteiger charge is 2.32. The Bertz CT molecular complexity index is 2210. The lowest BCUT2D eigenvalue weighted by Gasteiger charge is -2.23. The van der Waals surface area contributed by atoms with Gasteiger partial charge in [0.25, 0.3) is 0 Å². The zero-order valence-electron chi connectivity index (χ0n) is 22.8. The molecule has 0 aliphatic heterocycles. The summed E-state index contributed by atoms with van der Waals surface area (Å²) in [7, 11) is 0. The Morgan fingerprint density at radius 3 is 1.07 bits per heavy atom. The van der Waals surface area contributed by atoms with Crippen LogP contribution in [0.15, 0.2) is 97.1 Å². The molecule has 0 fully saturated rings. The Kier molecular flexibility index (Phi) is 5.83. The fourth-order valence-electron chi connectivity index (χ4n) is 6.17. The van der Waals surface area contributed by atoms with Crippen molar-refractivity contribution in [2.24, 2.45) is 0 Å². The van der Waals surface area contributed by atoms with E-state index in [1.165, 1.54) is 0 Å². The van der Waals surface area contributed by atoms with E-state index < -0.39 is 46.0 Å². The minimum absolute atomic E-state index is 0.00996. The normalized spacial score (nSPS) is 11.5. The lowest BCUT2D eigenvalue weighted by Crippen LogP contribution is -1.95. The number of rotatable bonds is 3. The van der Waals surface area contributed by atoms with Gasteiger partial charge in [-0.2, -0.15) is 0 Å². The molecule has 44 heavy (non-hydrogen) atoms. The number of hydrogen-bond acceptors (Lipinski definition) is 8. The van der Waals surface area contributed by atoms with Crippen molar-refractivity contribution in [1.29, 1.82) is 0 Å². The van der Waals surface area contributed by atoms with Crippen LogP contribution in [0, 0.1) is 0 Å². The standard InChI is InChI=1S/C36H24O8/c37-29-25-23(18-11-5-2-6-12-18)26-28(32(40)36(44)34(42)30(26)38)24(27(25)31(39)35(43)33(29)41)22-16-15-19(17-9-3-1-4-10-17)20-13-7-8-14-21(20)22/h1-16,37-44H. The molecule has 8 nitrogen and oxygen atoms in total. The van der Waals surface area contributed by atoms with Gasteiger partial charge in [0.05, 0.1) is 0 Å². The van der Waals surface area contributed by atoms with Gasteiger partial charge >= 0.3 is 0 Å². The summed E-state index contributed by atoms with van der Waals surface area (Å²) in [5, 5.41) is 89.2. The van der Waals surface area contributed by atoms with E-state index in [0.29, 0.717) is 16.5 Å². The van der Waals surface area contributed by atoms with E-state index in [1.54, 1.807) is 42.5 Å². The third kappa shape index (κ3) is 3.58. The molecule has 8 N–H and O–H groups in total. The van der Waals surface area contributed by atoms with E-state index >= 15 is 0 Å². The molecule has 7 aromatic carbocycles. The van der Waals surface area contributed by atoms with Crippen molar-refractivity contribution in [3.05, 3.63) is 97.1 Å². The van der Waals surface area contributed by atoms with Crippen LogP contribution in [-0.4, -0.2) is 40.9 Å². The van der Waals surface area contributed by atoms with Gasteiger partial charge in [0.15, 0.2) is 23.0 Å². The maximum atomic E-state index is 11.4. The molecule has 0 bridgehead atoms. The average molecular weight is 585 g/mol. The molecule has 0 radical (unpaired) electrons. The van der Waals surface area contributed by atoms with Gasteiger partial charge in [0, 0.05) is 32.7 Å². The molecule has 216 valence electrons. The lowest BCUT2D eigenvalue weighted by atomic mass is 9.82. The van der Waals surface area contributed by atoms with Crippen molar-refractivity contribution in [3.8, 4) is 79.4 Å². The van der Waals surface area contributed by atoms with Gasteiger partial charge in [-0.3, -0.25) is 0 Å². The summed E-state index contributed by atoms with van der Waals surface area (Å²) in [5.74, 6) is -7.28. The molecule has 0 unspecified atom stereocenters. The number of aromatic hydroxyl groups is 8. The largest absolute Gasteiger partial charge is 0.504 e. The van der Waals surface area contributed by atoms with Crippen LogP contribution in [0.5, 0.6) is 46.0 Å². The summed E-state index contributed by atoms with van der Waals surface area (Å²) >= 11 is 0. The van der Waals surface area contributed by atoms with E-state index in [0.717, 1.165) is 16.5 Å². The molecule has 0 atom stereocenters. The second-order valence-electron chi connectivity index (χ2n) is 10.5. The van der Waals surface area contributed by atoms with Crippen LogP contribution in [0.3, 0.4) is 0 Å². The van der Waals surface area contributed by atoms with Crippen LogP contribution in [0.1, 0.15) is 0 Å². The van der Waals surface area contributed by atoms with Crippen LogP contribution < -0.4 is 0 Å². The zero-order chi connectivity index (χ0) is 30.9. The Morgan fingerprint density at radius 1 is 0.273 bits per heavy atom. The topological polar surface area (TPSA) is 162 Å². The van der Waals surface area contributed by atoms with Crippen LogP contribution in [0.2, 0.25) is 0 Å². The van der Waals surface area contributed by atoms with Gasteiger partial charge in [-0.1, -0.05) is 97.1 Å². The van der Waals surface area contributed by atoms with E-state index in [2.05, 4.69) is 0 Å². The number of benzene rings is 7. The van der Waals surface area contributed by atoms with Crippen LogP contribution in [0.25, 0.3) is 65.7 Å². The molecular weight excluding hydrogens is 560 g/mol. The molecule has 0 aromatic heterocycles. The number of phenolic OH excluding ortho intramolecular Hbond substituents is 8. The van der Waals surface area contributed by atoms with Crippen molar-refractivity contribution in [2.45, 2.75) is 0 Å². The summed E-state index contributed by atoms with van der Waals surface area (Å²) in [6.45, 7) is 0. The summed E-state index contributed by atoms with van der Waals surface area (Å²) < 4.78 is 0. The summed E-state index contributed by atoms with van der Waals surface area (Å²) in [5.41, 5.74) is 2.56. The highest BCUT2D eigenvalue weighted by molar-refractivity contribution is 6.30. The monoisotopic (exact) mass is 584 g/mol. The second-order valence-corrected chi connectivity index (χ2v) is 10.5. The van der Waals surface area contributed by atoms with Crippen LogP contribution >= 0.6 is 0 Å². The highest BCUT2D eigenvalue weighted by Crippen LogP contribution is 2.62. The first-order valence-electron chi connectivity index (χ1n) is 13.6. The fraction of sp³-hybridized carbons (Fsp3) is 0. The molecule has 0 amide bonds. The maximum absolute atomic E-state index is 11.4. The number of phenols is 8. The molecular formula is C36H24O8. The average Bonchev–Trinajstić information content (AvgIpc) is 3.07. The molecule has 0 saturated heterocycles. The Morgan fingerprint density at radius 2 is 0.614 bits per heavy atom. The summed E-state index contributed by atoms with van der Waals surface area (Å²) in [4.78, 5) is 0. The van der Waals surface area contributed by atoms with E-state index in [4.69, 9.17) is 0 Å². The third-order valence-corrected chi connectivity index (χ3v) is 8.13. The number of fused-ring (bicyclic) bond motifs is 3. The number of hydrogen-bond donors (Lipinski definition) is 8. The maximum Gasteiger partial charge on any atom is 0.204 e. The van der Waals surface area contributed by atoms with Crippen molar-refractivity contribution in [3.63, 3.8) is 0 Å². The van der Waals surface area contributed by atoms with Gasteiger partial charge in [0.1, 0.15) is 0 Å². The predicted molar refractivity (Wildman–Crippen MR) is 169 cm³/mol. The molecule has 7 aromatic rings. The predicted octanol–water partition coefficient (Wildman–Crippen LogP) is 7.79. The van der Waals surface area contributed by atoms with Gasteiger partial charge in [-0.05, 0) is 33.0 Å². The van der Waals surface area contributed by atoms with Gasteiger partial charge in [-0.15, -0.1) is 0 Å². The molecule has 0 spiro atoms. The van der Waals surface area contributed by atoms with Gasteiger partial charge in [0.2, 0.25) is 23.0 Å². The smallest absolute Gasteiger partial charge is 0.204 e. The minimum Gasteiger partial charge on any atom is -0.504 e. The van der Waals surface area contributed by atoms with E-state index in [-0.39, 0.29) is 32.7 Å². The summed E-state index contributed by atoms with van der Waals surface area (Å²) in [6.07, 6.45) is 0. The minimum atomic E-state index is -1.01. The first kappa shape index (κ1) is 26.6. The van der Waals surface area contributed by atoms with E-state index in [1.807, 2.05) is 54.6 Å². The first-order chi connectivity index (χ1) is 21.2. The van der Waals surface area contributed by atoms with Crippen molar-refractivity contribution in [1.82, 2.24) is 0 Å². The third-order valence-electron chi connectivity index (χ3n) is 8.13. The van der Waals surface area contributed by atoms with E-state index in [9.17, 15) is 40.9 Å². The SMILES string of the molecule is Oc1c(O)c(O)c2c(-c3ccc(-c4ccccc4)c4ccccc34)c3c(O)c(O)c(O)c(O)c3c(-c3ccccc3)c2c1O. The Labute approximate surface area is 249 Å². The summed E-state index contributed by atoms with van der Waals surface area (Å²) in [6, 6.07) is 28.9. The Balaban J connectivity index is 1.80. The van der Waals surface area contributed by atoms with Crippen LogP contribution in [-0.2, 0) is 0 Å². The van der Waals surface area contributed by atoms with Gasteiger partial charge < -0.3 is 40.9 Å². The molecule has 0 heterocycles. The second kappa shape index (κ2) is 9.64. The molecule has 7 rings (SSSR count). The molecule has 8 heteroatoms. The van der Waals surface area contributed by atoms with Crippen molar-refractivity contribution in [2.75, 3.05) is 0 Å². The van der Waals surface area contributed by atoms with Gasteiger partial charge in [-0.25, -0.2) is 0 Å². The molecule has 0 aliphatic carbocycles. The zero-order valence-corrected chi connectivity index (χ0v) is 22.8. The van der Waals surface area contributed by atoms with Crippen LogP contribution in [0.4, 0.5) is 0 Å². The quantitative estimate of drug-likeness (QED) is 0.0593. The first-order valence-corrected chi connectivity index (χ1v) is 13.6. The van der Waals surface area contributed by atoms with Crippen molar-refractivity contribution < 1.29 is 40.9 Å². The fourth-order valence-corrected chi connectivity index (χ4v) is 6.17. The lowest BCUT2D eigenvalue weighted by molar-refractivity contribution is 0.350. The molecule has 0 aliphatic rings. The highest BCUT2D eigenvalue weighted by atomic mass is 16.4. The van der Waals surface area contributed by atoms with Crippen molar-refractivity contribution >= 4 is 32.3 Å². The Hall–Kier alpha value is -6.28. The molecule has 0 saturated carbocycles.